The first-order valence-electron chi connectivity index (χ1n) is 9.28. The first-order valence-corrected chi connectivity index (χ1v) is 9.28. The molecule has 0 amide bonds. The third kappa shape index (κ3) is 2.88. The Bertz CT molecular complexity index is 301. The zero-order chi connectivity index (χ0) is 13.0. The standard InChI is InChI=1S/C19H32/c1-3-12-5-14(12)7-16-9-18(16)11-19-10-17(19)8-15-6-13(15)4-2/h12-19H,3-11H2,1-2H3. The topological polar surface area (TPSA) is 0 Å². The van der Waals surface area contributed by atoms with Crippen molar-refractivity contribution in [1.29, 1.82) is 0 Å². The molecule has 8 unspecified atom stereocenters. The molecule has 4 aliphatic carbocycles. The minimum absolute atomic E-state index is 1.13. The first kappa shape index (κ1) is 12.7. The average molecular weight is 260 g/mol. The van der Waals surface area contributed by atoms with Crippen LogP contribution in [0.4, 0.5) is 0 Å². The zero-order valence-corrected chi connectivity index (χ0v) is 13.0. The molecule has 19 heavy (non-hydrogen) atoms. The molecular weight excluding hydrogens is 228 g/mol. The predicted octanol–water partition coefficient (Wildman–Crippen LogP) is 5.52. The highest BCUT2D eigenvalue weighted by molar-refractivity contribution is 5.00. The van der Waals surface area contributed by atoms with Crippen LogP contribution in [0.15, 0.2) is 0 Å². The molecule has 0 aromatic carbocycles. The van der Waals surface area contributed by atoms with E-state index in [9.17, 15) is 0 Å². The van der Waals surface area contributed by atoms with Crippen molar-refractivity contribution >= 4 is 0 Å². The van der Waals surface area contributed by atoms with E-state index >= 15 is 0 Å². The van der Waals surface area contributed by atoms with Gasteiger partial charge in [-0.1, -0.05) is 26.7 Å². The Morgan fingerprint density at radius 1 is 0.474 bits per heavy atom. The van der Waals surface area contributed by atoms with E-state index < -0.39 is 0 Å². The van der Waals surface area contributed by atoms with Gasteiger partial charge in [0.15, 0.2) is 0 Å². The highest BCUT2D eigenvalue weighted by Gasteiger charge is 2.50. The Labute approximate surface area is 119 Å². The Morgan fingerprint density at radius 3 is 1.00 bits per heavy atom. The first-order chi connectivity index (χ1) is 9.28. The maximum absolute atomic E-state index is 2.38. The Kier molecular flexibility index (Phi) is 3.20. The maximum Gasteiger partial charge on any atom is -0.0380 e. The third-order valence-electron chi connectivity index (χ3n) is 7.14. The van der Waals surface area contributed by atoms with E-state index in [1.807, 2.05) is 0 Å². The minimum Gasteiger partial charge on any atom is -0.0651 e. The van der Waals surface area contributed by atoms with Crippen LogP contribution < -0.4 is 0 Å². The number of hydrogen-bond donors (Lipinski definition) is 0. The molecule has 0 spiro atoms. The van der Waals surface area contributed by atoms with Crippen LogP contribution >= 0.6 is 0 Å². The fraction of sp³-hybridized carbons (Fsp3) is 1.00. The van der Waals surface area contributed by atoms with Gasteiger partial charge in [-0.05, 0) is 92.3 Å². The van der Waals surface area contributed by atoms with Crippen LogP contribution in [0.2, 0.25) is 0 Å². The summed E-state index contributed by atoms with van der Waals surface area (Å²) in [6, 6.07) is 0. The van der Waals surface area contributed by atoms with Crippen LogP contribution in [-0.2, 0) is 0 Å². The van der Waals surface area contributed by atoms with Gasteiger partial charge in [-0.3, -0.25) is 0 Å². The lowest BCUT2D eigenvalue weighted by Crippen LogP contribution is -1.92. The quantitative estimate of drug-likeness (QED) is 0.539. The summed E-state index contributed by atoms with van der Waals surface area (Å²) >= 11 is 0. The molecule has 0 saturated heterocycles. The average Bonchev–Trinajstić information content (AvgIpc) is 3.24. The lowest BCUT2D eigenvalue weighted by molar-refractivity contribution is 0.490. The zero-order valence-electron chi connectivity index (χ0n) is 13.0. The van der Waals surface area contributed by atoms with E-state index in [-0.39, 0.29) is 0 Å². The molecule has 0 aliphatic heterocycles. The Morgan fingerprint density at radius 2 is 0.737 bits per heavy atom. The molecule has 8 atom stereocenters. The molecule has 4 rings (SSSR count). The lowest BCUT2D eigenvalue weighted by Gasteiger charge is -2.01. The summed E-state index contributed by atoms with van der Waals surface area (Å²) in [5, 5.41) is 0. The van der Waals surface area contributed by atoms with E-state index in [0.29, 0.717) is 0 Å². The van der Waals surface area contributed by atoms with Crippen LogP contribution in [0.3, 0.4) is 0 Å². The van der Waals surface area contributed by atoms with Crippen molar-refractivity contribution < 1.29 is 0 Å². The summed E-state index contributed by atoms with van der Waals surface area (Å²) in [5.41, 5.74) is 0. The number of rotatable bonds is 8. The van der Waals surface area contributed by atoms with Gasteiger partial charge in [0.2, 0.25) is 0 Å². The second-order valence-corrected chi connectivity index (χ2v) is 8.55. The van der Waals surface area contributed by atoms with Crippen LogP contribution in [0.5, 0.6) is 0 Å². The Hall–Kier alpha value is 0. The van der Waals surface area contributed by atoms with Gasteiger partial charge in [-0.15, -0.1) is 0 Å². The van der Waals surface area contributed by atoms with E-state index in [0.717, 1.165) is 23.7 Å². The van der Waals surface area contributed by atoms with Gasteiger partial charge in [0.05, 0.1) is 0 Å². The van der Waals surface area contributed by atoms with Crippen molar-refractivity contribution in [3.63, 3.8) is 0 Å². The molecule has 0 radical (unpaired) electrons. The van der Waals surface area contributed by atoms with E-state index in [1.54, 1.807) is 44.9 Å². The summed E-state index contributed by atoms with van der Waals surface area (Å²) in [6.45, 7) is 4.76. The summed E-state index contributed by atoms with van der Waals surface area (Å²) in [4.78, 5) is 0. The van der Waals surface area contributed by atoms with E-state index in [2.05, 4.69) is 13.8 Å². The van der Waals surface area contributed by atoms with Crippen molar-refractivity contribution in [2.24, 2.45) is 47.3 Å². The molecule has 0 nitrogen and oxygen atoms in total. The van der Waals surface area contributed by atoms with Crippen molar-refractivity contribution in [3.8, 4) is 0 Å². The smallest absolute Gasteiger partial charge is 0.0380 e. The van der Waals surface area contributed by atoms with Gasteiger partial charge < -0.3 is 0 Å². The second-order valence-electron chi connectivity index (χ2n) is 8.55. The highest BCUT2D eigenvalue weighted by Crippen LogP contribution is 2.59. The van der Waals surface area contributed by atoms with Gasteiger partial charge in [0, 0.05) is 0 Å². The molecule has 0 heterocycles. The summed E-state index contributed by atoms with van der Waals surface area (Å²) in [6.07, 6.45) is 14.1. The normalized spacial score (nSPS) is 54.0. The SMILES string of the molecule is CCC1CC1CC1CC1CC1CC1CC1CC1CC. The third-order valence-corrected chi connectivity index (χ3v) is 7.14. The van der Waals surface area contributed by atoms with Crippen LogP contribution in [0.1, 0.15) is 71.6 Å². The molecule has 4 saturated carbocycles. The highest BCUT2D eigenvalue weighted by atomic mass is 14.5. The van der Waals surface area contributed by atoms with E-state index in [1.165, 1.54) is 36.5 Å². The molecular formula is C19H32. The molecule has 0 aromatic rings. The maximum atomic E-state index is 2.38. The van der Waals surface area contributed by atoms with Crippen molar-refractivity contribution in [1.82, 2.24) is 0 Å². The largest absolute Gasteiger partial charge is 0.0651 e. The van der Waals surface area contributed by atoms with Crippen LogP contribution in [0, 0.1) is 47.3 Å². The molecule has 4 fully saturated rings. The van der Waals surface area contributed by atoms with Crippen molar-refractivity contribution in [2.75, 3.05) is 0 Å². The number of hydrogen-bond acceptors (Lipinski definition) is 0. The summed E-state index contributed by atoms with van der Waals surface area (Å²) in [7, 11) is 0. The summed E-state index contributed by atoms with van der Waals surface area (Å²) < 4.78 is 0. The van der Waals surface area contributed by atoms with E-state index in [4.69, 9.17) is 0 Å². The van der Waals surface area contributed by atoms with Gasteiger partial charge in [0.25, 0.3) is 0 Å². The van der Waals surface area contributed by atoms with Gasteiger partial charge in [0.1, 0.15) is 0 Å². The van der Waals surface area contributed by atoms with Gasteiger partial charge in [-0.2, -0.15) is 0 Å². The Balaban J connectivity index is 1.10. The van der Waals surface area contributed by atoms with Crippen LogP contribution in [0.25, 0.3) is 0 Å². The molecule has 108 valence electrons. The monoisotopic (exact) mass is 260 g/mol. The fourth-order valence-electron chi connectivity index (χ4n) is 5.14. The van der Waals surface area contributed by atoms with Crippen LogP contribution in [-0.4, -0.2) is 0 Å². The summed E-state index contributed by atoms with van der Waals surface area (Å²) in [5.74, 6) is 9.29. The minimum atomic E-state index is 1.13. The van der Waals surface area contributed by atoms with Crippen molar-refractivity contribution in [3.05, 3.63) is 0 Å². The fourth-order valence-corrected chi connectivity index (χ4v) is 5.14. The van der Waals surface area contributed by atoms with Gasteiger partial charge >= 0.3 is 0 Å². The van der Waals surface area contributed by atoms with Gasteiger partial charge in [-0.25, -0.2) is 0 Å². The molecule has 0 aromatic heterocycles. The molecule has 0 N–H and O–H groups in total. The molecule has 0 bridgehead atoms. The van der Waals surface area contributed by atoms with Crippen molar-refractivity contribution in [2.45, 2.75) is 71.6 Å². The molecule has 4 aliphatic rings. The second kappa shape index (κ2) is 4.78. The lowest BCUT2D eigenvalue weighted by atomic mass is 10.0. The predicted molar refractivity (Wildman–Crippen MR) is 80.8 cm³/mol. The molecule has 0 heteroatoms.